The maximum atomic E-state index is 14.0. The Kier molecular flexibility index (Phi) is 8.58. The van der Waals surface area contributed by atoms with Crippen LogP contribution in [0.4, 0.5) is 24.7 Å². The lowest BCUT2D eigenvalue weighted by atomic mass is 10.1. The van der Waals surface area contributed by atoms with Gasteiger partial charge in [-0.3, -0.25) is 4.79 Å². The van der Waals surface area contributed by atoms with Gasteiger partial charge in [0.05, 0.1) is 54.3 Å². The summed E-state index contributed by atoms with van der Waals surface area (Å²) >= 11 is 0. The van der Waals surface area contributed by atoms with Gasteiger partial charge >= 0.3 is 0 Å². The van der Waals surface area contributed by atoms with Crippen LogP contribution in [0.1, 0.15) is 21.6 Å². The highest BCUT2D eigenvalue weighted by atomic mass is 19.3. The Labute approximate surface area is 238 Å². The van der Waals surface area contributed by atoms with Crippen molar-refractivity contribution in [2.45, 2.75) is 19.4 Å². The summed E-state index contributed by atoms with van der Waals surface area (Å²) in [5.74, 6) is -0.530. The van der Waals surface area contributed by atoms with Crippen LogP contribution in [-0.2, 0) is 4.74 Å². The number of ketones is 1. The molecule has 0 saturated carbocycles. The molecule has 1 aliphatic heterocycles. The van der Waals surface area contributed by atoms with Gasteiger partial charge in [-0.1, -0.05) is 18.2 Å². The van der Waals surface area contributed by atoms with Crippen LogP contribution in [0.3, 0.4) is 0 Å². The molecule has 1 saturated heterocycles. The summed E-state index contributed by atoms with van der Waals surface area (Å²) in [6.07, 6.45) is 1.63. The average molecular weight is 581 g/mol. The van der Waals surface area contributed by atoms with E-state index in [1.807, 2.05) is 0 Å². The highest BCUT2D eigenvalue weighted by Gasteiger charge is 2.21. The van der Waals surface area contributed by atoms with Crippen molar-refractivity contribution in [2.75, 3.05) is 30.9 Å². The molecular weight excluding hydrogens is 553 g/mol. The smallest absolute Gasteiger partial charge is 0.272 e. The Morgan fingerprint density at radius 2 is 1.95 bits per heavy atom. The minimum Gasteiger partial charge on any atom is -0.485 e. The summed E-state index contributed by atoms with van der Waals surface area (Å²) in [6.45, 7) is 1.92. The minimum atomic E-state index is -2.66. The summed E-state index contributed by atoms with van der Waals surface area (Å²) in [5, 5.41) is 7.47. The summed E-state index contributed by atoms with van der Waals surface area (Å²) in [4.78, 5) is 20.6. The van der Waals surface area contributed by atoms with Crippen molar-refractivity contribution in [3.05, 3.63) is 95.8 Å². The van der Waals surface area contributed by atoms with Crippen molar-refractivity contribution in [3.8, 4) is 23.1 Å². The van der Waals surface area contributed by atoms with Crippen LogP contribution in [0.15, 0.2) is 73.2 Å². The minimum absolute atomic E-state index is 0.00160. The number of aromatic nitrogens is 4. The number of carbonyl (C=O) groups is 1. The van der Waals surface area contributed by atoms with Crippen LogP contribution in [0.2, 0.25) is 0 Å². The molecule has 0 aliphatic carbocycles. The monoisotopic (exact) mass is 580 g/mol. The number of aromatic amines is 1. The number of anilines is 2. The molecule has 0 atom stereocenters. The fourth-order valence-electron chi connectivity index (χ4n) is 4.06. The summed E-state index contributed by atoms with van der Waals surface area (Å²) in [5.41, 5.74) is 8.22. The number of H-pyrrole nitrogens is 1. The predicted octanol–water partition coefficient (Wildman–Crippen LogP) is 5.23. The molecule has 1 aromatic carbocycles. The van der Waals surface area contributed by atoms with Crippen molar-refractivity contribution >= 4 is 17.3 Å². The van der Waals surface area contributed by atoms with Crippen LogP contribution < -0.4 is 20.5 Å². The summed E-state index contributed by atoms with van der Waals surface area (Å²) in [6, 6.07) is 13.6. The second-order valence-electron chi connectivity index (χ2n) is 9.30. The molecule has 218 valence electrons. The van der Waals surface area contributed by atoms with Crippen LogP contribution in [0, 0.1) is 12.7 Å². The van der Waals surface area contributed by atoms with Crippen molar-refractivity contribution < 1.29 is 32.2 Å². The second-order valence-corrected chi connectivity index (χ2v) is 9.30. The Morgan fingerprint density at radius 3 is 2.67 bits per heavy atom. The lowest BCUT2D eigenvalue weighted by Gasteiger charge is -2.28. The molecule has 3 aromatic heterocycles. The Morgan fingerprint density at radius 1 is 1.17 bits per heavy atom. The molecule has 1 fully saturated rings. The zero-order chi connectivity index (χ0) is 29.6. The number of rotatable bonds is 10. The molecule has 13 heteroatoms. The first-order valence-corrected chi connectivity index (χ1v) is 12.9. The van der Waals surface area contributed by atoms with E-state index in [0.29, 0.717) is 30.2 Å². The first-order chi connectivity index (χ1) is 20.3. The van der Waals surface area contributed by atoms with E-state index in [0.717, 1.165) is 0 Å². The number of aryl methyl sites for hydroxylation is 1. The third-order valence-corrected chi connectivity index (χ3v) is 6.26. The molecule has 0 radical (unpaired) electrons. The van der Waals surface area contributed by atoms with Gasteiger partial charge in [0.1, 0.15) is 18.2 Å². The van der Waals surface area contributed by atoms with E-state index in [2.05, 4.69) is 20.4 Å². The van der Waals surface area contributed by atoms with Gasteiger partial charge in [-0.25, -0.2) is 22.8 Å². The van der Waals surface area contributed by atoms with Gasteiger partial charge in [0, 0.05) is 12.3 Å². The predicted molar refractivity (Wildman–Crippen MR) is 149 cm³/mol. The lowest BCUT2D eigenvalue weighted by molar-refractivity contribution is 0.0209. The van der Waals surface area contributed by atoms with E-state index in [1.54, 1.807) is 31.2 Å². The molecular formula is C29H27F3N6O4. The zero-order valence-electron chi connectivity index (χ0n) is 22.4. The number of hydrogen-bond donors (Lipinski definition) is 3. The molecule has 42 heavy (non-hydrogen) atoms. The lowest BCUT2D eigenvalue weighted by Crippen LogP contribution is -2.40. The van der Waals surface area contributed by atoms with E-state index >= 15 is 0 Å². The van der Waals surface area contributed by atoms with Crippen molar-refractivity contribution in [1.82, 2.24) is 19.7 Å². The van der Waals surface area contributed by atoms with E-state index in [-0.39, 0.29) is 40.5 Å². The number of ether oxygens (including phenoxy) is 3. The molecule has 1 aliphatic rings. The van der Waals surface area contributed by atoms with Crippen LogP contribution in [0.25, 0.3) is 5.69 Å². The highest BCUT2D eigenvalue weighted by Crippen LogP contribution is 2.28. The molecule has 0 bridgehead atoms. The van der Waals surface area contributed by atoms with E-state index in [1.165, 1.54) is 53.6 Å². The maximum Gasteiger partial charge on any atom is 0.272 e. The van der Waals surface area contributed by atoms with Gasteiger partial charge in [0.15, 0.2) is 11.6 Å². The molecule has 4 N–H and O–H groups in total. The van der Waals surface area contributed by atoms with Crippen LogP contribution in [0.5, 0.6) is 17.4 Å². The summed E-state index contributed by atoms with van der Waals surface area (Å²) < 4.78 is 57.0. The number of nitrogens with zero attached hydrogens (tertiary/aromatic N) is 3. The number of nitrogens with two attached hydrogens (primary N) is 1. The van der Waals surface area contributed by atoms with Crippen molar-refractivity contribution in [1.29, 1.82) is 0 Å². The third-order valence-electron chi connectivity index (χ3n) is 6.26. The van der Waals surface area contributed by atoms with Crippen molar-refractivity contribution in [3.63, 3.8) is 0 Å². The van der Waals surface area contributed by atoms with Gasteiger partial charge in [0.2, 0.25) is 11.7 Å². The van der Waals surface area contributed by atoms with Crippen LogP contribution in [-0.4, -0.2) is 57.8 Å². The molecule has 4 heterocycles. The van der Waals surface area contributed by atoms with Crippen molar-refractivity contribution in [2.24, 2.45) is 0 Å². The van der Waals surface area contributed by atoms with E-state index < -0.39 is 24.6 Å². The number of carbonyl (C=O) groups excluding carboxylic acids is 1. The summed E-state index contributed by atoms with van der Waals surface area (Å²) in [7, 11) is 0. The van der Waals surface area contributed by atoms with Gasteiger partial charge in [-0.05, 0) is 42.8 Å². The van der Waals surface area contributed by atoms with Gasteiger partial charge in [-0.15, -0.1) is 0 Å². The van der Waals surface area contributed by atoms with E-state index in [9.17, 15) is 18.0 Å². The number of alkyl halides is 2. The van der Waals surface area contributed by atoms with Gasteiger partial charge in [-0.2, -0.15) is 5.10 Å². The quantitative estimate of drug-likeness (QED) is 0.218. The number of pyridine rings is 1. The number of nitrogen functional groups attached to an aromatic ring is 1. The Hall–Kier alpha value is -5.04. The van der Waals surface area contributed by atoms with Crippen LogP contribution >= 0.6 is 0 Å². The molecule has 0 amide bonds. The molecule has 4 aromatic rings. The average Bonchev–Trinajstić information content (AvgIpc) is 3.35. The standard InChI is InChI=1S/C29H27F3N6O4/c1-17-11-27(42-24-7-3-2-5-20(24)30)35-13-23(17)38-29(33)19(12-36-38)28(39)22-6-4-8-25(41-16-26(31)32)21(9-10-34-22)37-18-14-40-15-18/h2-13,18,26,34,37H,14-16,33H2,1H3. The highest BCUT2D eigenvalue weighted by molar-refractivity contribution is 6.10. The first-order valence-electron chi connectivity index (χ1n) is 12.9. The van der Waals surface area contributed by atoms with Gasteiger partial charge < -0.3 is 30.2 Å². The third kappa shape index (κ3) is 6.47. The number of para-hydroxylation sites is 1. The molecule has 10 nitrogen and oxygen atoms in total. The van der Waals surface area contributed by atoms with E-state index in [4.69, 9.17) is 19.9 Å². The topological polar surface area (TPSA) is 129 Å². The molecule has 0 unspecified atom stereocenters. The number of benzene rings is 1. The normalized spacial score (nSPS) is 12.9. The number of hydrogen-bond acceptors (Lipinski definition) is 8. The largest absolute Gasteiger partial charge is 0.485 e. The first kappa shape index (κ1) is 28.5. The Bertz CT molecular complexity index is 1640. The fraction of sp³-hybridized carbons (Fsp3) is 0.207. The molecule has 0 spiro atoms. The fourth-order valence-corrected chi connectivity index (χ4v) is 4.06. The Balaban J connectivity index is 1.40. The zero-order valence-corrected chi connectivity index (χ0v) is 22.4. The number of halogens is 3. The SMILES string of the molecule is Cc1cc(Oc2ccccc2F)ncc1-n1ncc(C(=O)c2cccc(OCC(F)F)c(NC3COC3)cc[nH]2)c1N. The second kappa shape index (κ2) is 12.6. The number of nitrogens with one attached hydrogen (secondary N) is 2. The van der Waals surface area contributed by atoms with Gasteiger partial charge in [0.25, 0.3) is 6.43 Å². The maximum absolute atomic E-state index is 14.0. The molecule has 5 rings (SSSR count).